The predicted molar refractivity (Wildman–Crippen MR) is 124 cm³/mol. The maximum atomic E-state index is 12.7. The molecule has 1 aliphatic rings. The average molecular weight is 453 g/mol. The van der Waals surface area contributed by atoms with E-state index in [1.165, 1.54) is 0 Å². The normalized spacial score (nSPS) is 18.0. The van der Waals surface area contributed by atoms with Gasteiger partial charge in [-0.3, -0.25) is 9.79 Å². The quantitative estimate of drug-likeness (QED) is 0.322. The van der Waals surface area contributed by atoms with Crippen LogP contribution in [0.15, 0.2) is 16.3 Å². The highest BCUT2D eigenvalue weighted by Crippen LogP contribution is 2.36. The van der Waals surface area contributed by atoms with Crippen molar-refractivity contribution in [1.82, 2.24) is 5.32 Å². The molecule has 1 aliphatic carbocycles. The Morgan fingerprint density at radius 3 is 2.31 bits per heavy atom. The number of nitrogens with one attached hydrogen (secondary N) is 1. The molecule has 1 atom stereocenters. The summed E-state index contributed by atoms with van der Waals surface area (Å²) in [5, 5.41) is 22.3. The number of aliphatic imine (C=N–C) groups is 1. The Morgan fingerprint density at radius 1 is 1.19 bits per heavy atom. The molecule has 0 aromatic carbocycles. The van der Waals surface area contributed by atoms with Gasteiger partial charge in [-0.15, -0.1) is 0 Å². The molecule has 0 bridgehead atoms. The van der Waals surface area contributed by atoms with E-state index in [4.69, 9.17) is 4.74 Å². The molecule has 0 spiro atoms. The van der Waals surface area contributed by atoms with Crippen LogP contribution >= 0.6 is 0 Å². The third-order valence-electron chi connectivity index (χ3n) is 4.94. The summed E-state index contributed by atoms with van der Waals surface area (Å²) < 4.78 is 5.12. The highest BCUT2D eigenvalue weighted by molar-refractivity contribution is 6.23. The number of alkyl carbamates (subject to hydrolysis) is 1. The van der Waals surface area contributed by atoms with E-state index in [0.717, 1.165) is 0 Å². The molecule has 0 radical (unpaired) electrons. The van der Waals surface area contributed by atoms with Crippen molar-refractivity contribution in [3.63, 3.8) is 0 Å². The number of carbonyl (C=O) groups is 3. The molecule has 0 fully saturated rings. The van der Waals surface area contributed by atoms with Crippen LogP contribution in [-0.2, 0) is 14.3 Å². The van der Waals surface area contributed by atoms with Gasteiger partial charge in [-0.25, -0.2) is 9.59 Å². The van der Waals surface area contributed by atoms with E-state index < -0.39 is 23.7 Å². The van der Waals surface area contributed by atoms with Crippen molar-refractivity contribution in [2.75, 3.05) is 6.54 Å². The van der Waals surface area contributed by atoms with Gasteiger partial charge in [0.25, 0.3) is 0 Å². The second-order valence-electron chi connectivity index (χ2n) is 10.7. The highest BCUT2D eigenvalue weighted by Gasteiger charge is 2.35. The number of hydrogen-bond acceptors (Lipinski definition) is 6. The number of ether oxygens (including phenoxy) is 1. The van der Waals surface area contributed by atoms with E-state index in [1.807, 2.05) is 27.7 Å². The Morgan fingerprint density at radius 2 is 1.81 bits per heavy atom. The van der Waals surface area contributed by atoms with Crippen LogP contribution < -0.4 is 5.32 Å². The first-order valence-electron chi connectivity index (χ1n) is 11.3. The monoisotopic (exact) mass is 452 g/mol. The molecule has 32 heavy (non-hydrogen) atoms. The van der Waals surface area contributed by atoms with E-state index in [2.05, 4.69) is 10.3 Å². The van der Waals surface area contributed by atoms with Crippen LogP contribution in [0.3, 0.4) is 0 Å². The van der Waals surface area contributed by atoms with Crippen LogP contribution in [0.1, 0.15) is 87.0 Å². The number of carbonyl (C=O) groups excluding carboxylic acids is 2. The van der Waals surface area contributed by atoms with Crippen LogP contribution in [0, 0.1) is 11.3 Å². The molecule has 0 aromatic heterocycles. The summed E-state index contributed by atoms with van der Waals surface area (Å²) >= 11 is 0. The van der Waals surface area contributed by atoms with E-state index in [1.54, 1.807) is 20.8 Å². The predicted octanol–water partition coefficient (Wildman–Crippen LogP) is 4.82. The van der Waals surface area contributed by atoms with Gasteiger partial charge in [0, 0.05) is 25.1 Å². The molecule has 8 nitrogen and oxygen atoms in total. The minimum absolute atomic E-state index is 0.0781. The summed E-state index contributed by atoms with van der Waals surface area (Å²) in [6.07, 6.45) is 2.01. The van der Waals surface area contributed by atoms with Crippen LogP contribution in [0.2, 0.25) is 0 Å². The molecule has 8 heteroatoms. The number of aliphatic carboxylic acids is 1. The number of amides is 1. The first-order chi connectivity index (χ1) is 14.6. The Hall–Kier alpha value is -2.38. The van der Waals surface area contributed by atoms with E-state index in [0.29, 0.717) is 49.9 Å². The number of allylic oxidation sites excluding steroid dienone is 2. The van der Waals surface area contributed by atoms with Gasteiger partial charge >= 0.3 is 12.1 Å². The lowest BCUT2D eigenvalue weighted by molar-refractivity contribution is -0.139. The Balaban J connectivity index is 2.74. The smallest absolute Gasteiger partial charge is 0.408 e. The highest BCUT2D eigenvalue weighted by atomic mass is 16.6. The van der Waals surface area contributed by atoms with Gasteiger partial charge in [0.05, 0.1) is 5.57 Å². The molecule has 0 aliphatic heterocycles. The van der Waals surface area contributed by atoms with Crippen molar-refractivity contribution in [3.05, 3.63) is 11.3 Å². The fraction of sp³-hybridized carbons (Fsp3) is 0.750. The minimum Gasteiger partial charge on any atom is -0.511 e. The van der Waals surface area contributed by atoms with Gasteiger partial charge in [0.1, 0.15) is 17.4 Å². The van der Waals surface area contributed by atoms with Crippen LogP contribution in [0.25, 0.3) is 0 Å². The number of nitrogens with zero attached hydrogens (tertiary/aromatic N) is 1. The van der Waals surface area contributed by atoms with Gasteiger partial charge in [0.2, 0.25) is 0 Å². The van der Waals surface area contributed by atoms with Gasteiger partial charge in [-0.05, 0) is 57.8 Å². The average Bonchev–Trinajstić information content (AvgIpc) is 2.56. The van der Waals surface area contributed by atoms with Crippen LogP contribution in [0.5, 0.6) is 0 Å². The molecule has 1 rings (SSSR count). The van der Waals surface area contributed by atoms with Crippen molar-refractivity contribution in [2.45, 2.75) is 98.6 Å². The summed E-state index contributed by atoms with van der Waals surface area (Å²) in [6, 6.07) is -1.04. The standard InChI is InChI=1S/C24H40N2O6/c1-15(2)12-17(20-18(27)13-24(6,7)14-19(20)28)25-11-9-8-10-16(21(29)30)26-22(31)32-23(3,4)5/h15-16,27H,8-14H2,1-7H3,(H,26,31)(H,29,30)/t16-/m0/s1. The zero-order chi connectivity index (χ0) is 24.7. The van der Waals surface area contributed by atoms with E-state index >= 15 is 0 Å². The Labute approximate surface area is 191 Å². The topological polar surface area (TPSA) is 125 Å². The molecule has 1 amide bonds. The first-order valence-corrected chi connectivity index (χ1v) is 11.3. The third-order valence-corrected chi connectivity index (χ3v) is 4.94. The second-order valence-corrected chi connectivity index (χ2v) is 10.7. The lowest BCUT2D eigenvalue weighted by Crippen LogP contribution is -2.43. The fourth-order valence-corrected chi connectivity index (χ4v) is 3.63. The van der Waals surface area contributed by atoms with Crippen LogP contribution in [0.4, 0.5) is 4.79 Å². The molecule has 0 aromatic rings. The van der Waals surface area contributed by atoms with Gasteiger partial charge in [0.15, 0.2) is 5.78 Å². The fourth-order valence-electron chi connectivity index (χ4n) is 3.63. The lowest BCUT2D eigenvalue weighted by Gasteiger charge is -2.30. The molecular weight excluding hydrogens is 412 g/mol. The number of rotatable bonds is 10. The lowest BCUT2D eigenvalue weighted by atomic mass is 9.75. The zero-order valence-corrected chi connectivity index (χ0v) is 20.6. The van der Waals surface area contributed by atoms with Crippen molar-refractivity contribution in [2.24, 2.45) is 16.3 Å². The number of aliphatic hydroxyl groups excluding tert-OH is 1. The molecule has 0 saturated carbocycles. The molecule has 0 heterocycles. The molecule has 182 valence electrons. The molecule has 0 unspecified atom stereocenters. The minimum atomic E-state index is -1.12. The number of carboxylic acids is 1. The molecule has 3 N–H and O–H groups in total. The Bertz CT molecular complexity index is 759. The number of hydrogen-bond donors (Lipinski definition) is 3. The summed E-state index contributed by atoms with van der Waals surface area (Å²) in [5.41, 5.74) is 0.00838. The largest absolute Gasteiger partial charge is 0.511 e. The number of aliphatic hydroxyl groups is 1. The van der Waals surface area contributed by atoms with Crippen molar-refractivity contribution in [3.8, 4) is 0 Å². The van der Waals surface area contributed by atoms with Crippen molar-refractivity contribution in [1.29, 1.82) is 0 Å². The third kappa shape index (κ3) is 9.83. The van der Waals surface area contributed by atoms with Crippen LogP contribution in [-0.4, -0.2) is 52.0 Å². The Kier molecular flexibility index (Phi) is 9.92. The van der Waals surface area contributed by atoms with Gasteiger partial charge < -0.3 is 20.3 Å². The van der Waals surface area contributed by atoms with Crippen molar-refractivity contribution < 1.29 is 29.3 Å². The second kappa shape index (κ2) is 11.5. The number of carboxylic acid groups (broad SMARTS) is 1. The zero-order valence-electron chi connectivity index (χ0n) is 20.6. The van der Waals surface area contributed by atoms with E-state index in [-0.39, 0.29) is 29.3 Å². The maximum absolute atomic E-state index is 12.7. The van der Waals surface area contributed by atoms with E-state index in [9.17, 15) is 24.6 Å². The maximum Gasteiger partial charge on any atom is 0.408 e. The molecular formula is C24H40N2O6. The number of ketones is 1. The summed E-state index contributed by atoms with van der Waals surface area (Å²) in [4.78, 5) is 40.6. The molecule has 0 saturated heterocycles. The summed E-state index contributed by atoms with van der Waals surface area (Å²) in [5.74, 6) is -0.819. The first kappa shape index (κ1) is 27.7. The number of Topliss-reactive ketones (excluding diaryl/α,β-unsaturated/α-hetero) is 1. The summed E-state index contributed by atoms with van der Waals surface area (Å²) in [7, 11) is 0. The summed E-state index contributed by atoms with van der Waals surface area (Å²) in [6.45, 7) is 13.5. The van der Waals surface area contributed by atoms with Gasteiger partial charge in [-0.1, -0.05) is 27.7 Å². The van der Waals surface area contributed by atoms with Gasteiger partial charge in [-0.2, -0.15) is 0 Å². The SMILES string of the molecule is CC(C)CC(=NCCCC[C@H](NC(=O)OC(C)(C)C)C(=O)O)C1=C(O)CC(C)(C)CC1=O. The van der Waals surface area contributed by atoms with Crippen molar-refractivity contribution >= 4 is 23.6 Å². The number of unbranched alkanes of at least 4 members (excludes halogenated alkanes) is 1.